The van der Waals surface area contributed by atoms with Crippen molar-refractivity contribution in [3.05, 3.63) is 33.8 Å². The Morgan fingerprint density at radius 1 is 1.50 bits per heavy atom. The van der Waals surface area contributed by atoms with Gasteiger partial charge in [-0.2, -0.15) is 0 Å². The Morgan fingerprint density at radius 2 is 2.19 bits per heavy atom. The number of halogens is 2. The maximum atomic E-state index is 11.8. The van der Waals surface area contributed by atoms with Gasteiger partial charge < -0.3 is 0 Å². The first-order chi connectivity index (χ1) is 7.58. The molecule has 1 atom stereocenters. The van der Waals surface area contributed by atoms with Gasteiger partial charge in [-0.1, -0.05) is 49.6 Å². The Hall–Kier alpha value is -0.150. The molecule has 1 aliphatic rings. The minimum atomic E-state index is -0.0295. The van der Waals surface area contributed by atoms with Gasteiger partial charge in [0.05, 0.1) is 4.83 Å². The van der Waals surface area contributed by atoms with E-state index in [-0.39, 0.29) is 4.83 Å². The number of Topliss-reactive ketones (excluding diaryl/α,β-unsaturated/α-hetero) is 1. The number of benzene rings is 1. The average molecular weight is 346 g/mol. The number of hydrogen-bond acceptors (Lipinski definition) is 1. The first kappa shape index (κ1) is 12.3. The van der Waals surface area contributed by atoms with Crippen LogP contribution >= 0.6 is 31.9 Å². The Morgan fingerprint density at radius 3 is 2.81 bits per heavy atom. The van der Waals surface area contributed by atoms with Gasteiger partial charge in [0.15, 0.2) is 0 Å². The van der Waals surface area contributed by atoms with Crippen LogP contribution in [0.25, 0.3) is 0 Å². The SMILES string of the molecule is Cc1ccc(Br)c(CC(Br)C(=O)C2CC2)c1. The number of aryl methyl sites for hydroxylation is 1. The molecule has 3 heteroatoms. The second-order valence-electron chi connectivity index (χ2n) is 4.44. The number of carbonyl (C=O) groups is 1. The summed E-state index contributed by atoms with van der Waals surface area (Å²) >= 11 is 7.04. The van der Waals surface area contributed by atoms with Crippen molar-refractivity contribution >= 4 is 37.6 Å². The molecule has 1 unspecified atom stereocenters. The third-order valence-corrected chi connectivity index (χ3v) is 4.44. The van der Waals surface area contributed by atoms with E-state index >= 15 is 0 Å². The standard InChI is InChI=1S/C13H14Br2O/c1-8-2-5-11(14)10(6-8)7-12(15)13(16)9-3-4-9/h2,5-6,9,12H,3-4,7H2,1H3. The molecule has 0 aromatic heterocycles. The van der Waals surface area contributed by atoms with Gasteiger partial charge in [-0.3, -0.25) is 4.79 Å². The van der Waals surface area contributed by atoms with Crippen molar-refractivity contribution in [2.45, 2.75) is 31.0 Å². The van der Waals surface area contributed by atoms with Crippen molar-refractivity contribution in [3.8, 4) is 0 Å². The molecular formula is C13H14Br2O. The van der Waals surface area contributed by atoms with Gasteiger partial charge in [-0.15, -0.1) is 0 Å². The average Bonchev–Trinajstić information content (AvgIpc) is 3.06. The fraction of sp³-hybridized carbons (Fsp3) is 0.462. The van der Waals surface area contributed by atoms with E-state index in [0.717, 1.165) is 23.7 Å². The summed E-state index contributed by atoms with van der Waals surface area (Å²) in [6.07, 6.45) is 2.93. The highest BCUT2D eigenvalue weighted by atomic mass is 79.9. The number of rotatable bonds is 4. The van der Waals surface area contributed by atoms with Gasteiger partial charge in [-0.05, 0) is 37.8 Å². The lowest BCUT2D eigenvalue weighted by molar-refractivity contribution is -0.119. The van der Waals surface area contributed by atoms with Crippen LogP contribution in [-0.4, -0.2) is 10.6 Å². The lowest BCUT2D eigenvalue weighted by atomic mass is 10.0. The Kier molecular flexibility index (Phi) is 3.85. The summed E-state index contributed by atoms with van der Waals surface area (Å²) in [6, 6.07) is 6.25. The van der Waals surface area contributed by atoms with Crippen LogP contribution in [0, 0.1) is 12.8 Å². The van der Waals surface area contributed by atoms with Crippen molar-refractivity contribution < 1.29 is 4.79 Å². The lowest BCUT2D eigenvalue weighted by Crippen LogP contribution is -2.18. The van der Waals surface area contributed by atoms with Crippen LogP contribution in [0.4, 0.5) is 0 Å². The predicted molar refractivity (Wildman–Crippen MR) is 73.0 cm³/mol. The van der Waals surface area contributed by atoms with Crippen LogP contribution in [0.5, 0.6) is 0 Å². The highest BCUT2D eigenvalue weighted by molar-refractivity contribution is 9.10. The highest BCUT2D eigenvalue weighted by Crippen LogP contribution is 2.34. The minimum absolute atomic E-state index is 0.0295. The van der Waals surface area contributed by atoms with E-state index < -0.39 is 0 Å². The zero-order valence-corrected chi connectivity index (χ0v) is 12.3. The number of alkyl halides is 1. The van der Waals surface area contributed by atoms with Crippen molar-refractivity contribution in [3.63, 3.8) is 0 Å². The maximum Gasteiger partial charge on any atom is 0.149 e. The summed E-state index contributed by atoms with van der Waals surface area (Å²) in [5, 5.41) is 0. The van der Waals surface area contributed by atoms with E-state index in [2.05, 4.69) is 50.9 Å². The van der Waals surface area contributed by atoms with Gasteiger partial charge in [-0.25, -0.2) is 0 Å². The molecule has 1 aromatic rings. The Balaban J connectivity index is 2.07. The molecule has 0 amide bonds. The van der Waals surface area contributed by atoms with Crippen molar-refractivity contribution in [2.24, 2.45) is 5.92 Å². The second kappa shape index (κ2) is 5.01. The van der Waals surface area contributed by atoms with Crippen LogP contribution in [0.3, 0.4) is 0 Å². The molecule has 0 spiro atoms. The molecular weight excluding hydrogens is 332 g/mol. The summed E-state index contributed by atoms with van der Waals surface area (Å²) in [4.78, 5) is 11.8. The summed E-state index contributed by atoms with van der Waals surface area (Å²) in [5.41, 5.74) is 2.44. The molecule has 1 saturated carbocycles. The van der Waals surface area contributed by atoms with E-state index in [1.54, 1.807) is 0 Å². The molecule has 0 N–H and O–H groups in total. The molecule has 2 rings (SSSR count). The molecule has 1 aliphatic carbocycles. The summed E-state index contributed by atoms with van der Waals surface area (Å²) < 4.78 is 1.09. The molecule has 86 valence electrons. The quantitative estimate of drug-likeness (QED) is 0.752. The van der Waals surface area contributed by atoms with Gasteiger partial charge in [0.2, 0.25) is 0 Å². The van der Waals surface area contributed by atoms with Crippen molar-refractivity contribution in [2.75, 3.05) is 0 Å². The number of ketones is 1. The Bertz CT molecular complexity index is 410. The normalized spacial score (nSPS) is 17.2. The number of carbonyl (C=O) groups excluding carboxylic acids is 1. The monoisotopic (exact) mass is 344 g/mol. The van der Waals surface area contributed by atoms with Crippen LogP contribution < -0.4 is 0 Å². The number of hydrogen-bond donors (Lipinski definition) is 0. The zero-order valence-electron chi connectivity index (χ0n) is 9.17. The van der Waals surface area contributed by atoms with E-state index in [4.69, 9.17) is 0 Å². The molecule has 0 bridgehead atoms. The van der Waals surface area contributed by atoms with E-state index in [9.17, 15) is 4.79 Å². The molecule has 1 fully saturated rings. The van der Waals surface area contributed by atoms with Gasteiger partial charge in [0, 0.05) is 10.4 Å². The van der Waals surface area contributed by atoms with Gasteiger partial charge >= 0.3 is 0 Å². The van der Waals surface area contributed by atoms with Crippen molar-refractivity contribution in [1.82, 2.24) is 0 Å². The van der Waals surface area contributed by atoms with Crippen LogP contribution in [0.15, 0.2) is 22.7 Å². The fourth-order valence-electron chi connectivity index (χ4n) is 1.78. The Labute approximate surface area is 113 Å². The van der Waals surface area contributed by atoms with Crippen LogP contribution in [-0.2, 0) is 11.2 Å². The van der Waals surface area contributed by atoms with Crippen molar-refractivity contribution in [1.29, 1.82) is 0 Å². The molecule has 0 heterocycles. The highest BCUT2D eigenvalue weighted by Gasteiger charge is 2.33. The summed E-state index contributed by atoms with van der Waals surface area (Å²) in [6.45, 7) is 2.07. The molecule has 0 saturated heterocycles. The first-order valence-corrected chi connectivity index (χ1v) is 7.21. The smallest absolute Gasteiger partial charge is 0.149 e. The second-order valence-corrected chi connectivity index (χ2v) is 6.40. The largest absolute Gasteiger partial charge is 0.298 e. The summed E-state index contributed by atoms with van der Waals surface area (Å²) in [5.74, 6) is 0.696. The predicted octanol–water partition coefficient (Wildman–Crippen LogP) is 4.04. The maximum absolute atomic E-state index is 11.8. The molecule has 1 nitrogen and oxygen atoms in total. The van der Waals surface area contributed by atoms with E-state index in [1.165, 1.54) is 11.1 Å². The third-order valence-electron chi connectivity index (χ3n) is 2.89. The van der Waals surface area contributed by atoms with Gasteiger partial charge in [0.25, 0.3) is 0 Å². The lowest BCUT2D eigenvalue weighted by Gasteiger charge is -2.10. The zero-order chi connectivity index (χ0) is 11.7. The van der Waals surface area contributed by atoms with E-state index in [0.29, 0.717) is 11.7 Å². The fourth-order valence-corrected chi connectivity index (χ4v) is 2.91. The topological polar surface area (TPSA) is 17.1 Å². The molecule has 1 aromatic carbocycles. The third kappa shape index (κ3) is 2.95. The minimum Gasteiger partial charge on any atom is -0.298 e. The molecule has 16 heavy (non-hydrogen) atoms. The van der Waals surface area contributed by atoms with E-state index in [1.807, 2.05) is 6.07 Å². The summed E-state index contributed by atoms with van der Waals surface area (Å²) in [7, 11) is 0. The van der Waals surface area contributed by atoms with Crippen LogP contribution in [0.2, 0.25) is 0 Å². The van der Waals surface area contributed by atoms with Crippen LogP contribution in [0.1, 0.15) is 24.0 Å². The molecule has 0 aliphatic heterocycles. The first-order valence-electron chi connectivity index (χ1n) is 5.51. The van der Waals surface area contributed by atoms with Gasteiger partial charge in [0.1, 0.15) is 5.78 Å². The molecule has 0 radical (unpaired) electrons.